The SMILES string of the molecule is CCNC(=O)c1cn2ncnc(Nc3cc(C(=O)N(C(=O)OCOC(=O)CCC(=O)O)C4C5CC54)ccc3C)c2c1C. The Morgan fingerprint density at radius 3 is 2.55 bits per heavy atom. The van der Waals surface area contributed by atoms with E-state index in [-0.39, 0.29) is 35.8 Å². The third kappa shape index (κ3) is 5.73. The maximum absolute atomic E-state index is 13.6. The van der Waals surface area contributed by atoms with Gasteiger partial charge in [-0.1, -0.05) is 6.07 Å². The molecule has 220 valence electrons. The van der Waals surface area contributed by atoms with E-state index >= 15 is 0 Å². The maximum atomic E-state index is 13.6. The quantitative estimate of drug-likeness (QED) is 0.225. The number of nitrogens with one attached hydrogen (secondary N) is 2. The fourth-order valence-corrected chi connectivity index (χ4v) is 4.86. The molecule has 2 fully saturated rings. The number of carboxylic acids is 1. The molecule has 2 saturated carbocycles. The molecule has 2 heterocycles. The van der Waals surface area contributed by atoms with Gasteiger partial charge >= 0.3 is 18.0 Å². The van der Waals surface area contributed by atoms with Crippen LogP contribution in [0.4, 0.5) is 16.3 Å². The molecular formula is C28H30N6O8. The van der Waals surface area contributed by atoms with E-state index in [0.717, 1.165) is 16.9 Å². The van der Waals surface area contributed by atoms with Gasteiger partial charge in [0.2, 0.25) is 6.79 Å². The van der Waals surface area contributed by atoms with Gasteiger partial charge in [0.05, 0.1) is 18.4 Å². The van der Waals surface area contributed by atoms with Crippen molar-refractivity contribution in [2.75, 3.05) is 18.7 Å². The van der Waals surface area contributed by atoms with E-state index in [2.05, 4.69) is 20.7 Å². The summed E-state index contributed by atoms with van der Waals surface area (Å²) in [5.74, 6) is -1.89. The lowest BCUT2D eigenvalue weighted by molar-refractivity contribution is -0.154. The van der Waals surface area contributed by atoms with Gasteiger partial charge < -0.3 is 25.2 Å². The number of nitrogens with zero attached hydrogens (tertiary/aromatic N) is 4. The summed E-state index contributed by atoms with van der Waals surface area (Å²) < 4.78 is 11.4. The molecule has 3 amide bonds. The first-order chi connectivity index (χ1) is 20.1. The van der Waals surface area contributed by atoms with E-state index in [4.69, 9.17) is 14.6 Å². The Bertz CT molecular complexity index is 1590. The summed E-state index contributed by atoms with van der Waals surface area (Å²) in [6.07, 6.45) is 2.18. The second-order valence-electron chi connectivity index (χ2n) is 10.3. The molecule has 2 aliphatic carbocycles. The summed E-state index contributed by atoms with van der Waals surface area (Å²) in [6, 6.07) is 4.66. The highest BCUT2D eigenvalue weighted by Crippen LogP contribution is 2.65. The Balaban J connectivity index is 1.33. The van der Waals surface area contributed by atoms with Crippen molar-refractivity contribution >= 4 is 46.9 Å². The van der Waals surface area contributed by atoms with Gasteiger partial charge in [-0.15, -0.1) is 0 Å². The molecule has 0 saturated heterocycles. The number of carbonyl (C=O) groups excluding carboxylic acids is 4. The minimum atomic E-state index is -1.16. The Morgan fingerprint density at radius 1 is 1.12 bits per heavy atom. The first-order valence-electron chi connectivity index (χ1n) is 13.5. The Morgan fingerprint density at radius 2 is 1.88 bits per heavy atom. The number of amides is 3. The fourth-order valence-electron chi connectivity index (χ4n) is 4.86. The zero-order valence-electron chi connectivity index (χ0n) is 23.2. The van der Waals surface area contributed by atoms with Crippen LogP contribution in [0.2, 0.25) is 0 Å². The van der Waals surface area contributed by atoms with Crippen molar-refractivity contribution < 1.29 is 38.6 Å². The minimum Gasteiger partial charge on any atom is -0.481 e. The highest BCUT2D eigenvalue weighted by Gasteiger charge is 2.69. The maximum Gasteiger partial charge on any atom is 0.419 e. The molecule has 0 radical (unpaired) electrons. The highest BCUT2D eigenvalue weighted by atomic mass is 16.7. The number of imide groups is 1. The lowest BCUT2D eigenvalue weighted by Gasteiger charge is -2.23. The third-order valence-corrected chi connectivity index (χ3v) is 7.43. The number of carboxylic acid groups (broad SMARTS) is 1. The first kappa shape index (κ1) is 28.5. The summed E-state index contributed by atoms with van der Waals surface area (Å²) in [5.41, 5.74) is 3.32. The molecule has 3 aromatic rings. The van der Waals surface area contributed by atoms with Crippen molar-refractivity contribution in [1.82, 2.24) is 24.8 Å². The third-order valence-electron chi connectivity index (χ3n) is 7.43. The van der Waals surface area contributed by atoms with E-state index < -0.39 is 37.2 Å². The van der Waals surface area contributed by atoms with Crippen molar-refractivity contribution in [3.63, 3.8) is 0 Å². The van der Waals surface area contributed by atoms with Crippen molar-refractivity contribution in [3.05, 3.63) is 53.0 Å². The van der Waals surface area contributed by atoms with Crippen molar-refractivity contribution in [3.8, 4) is 0 Å². The molecule has 1 aromatic carbocycles. The van der Waals surface area contributed by atoms with Crippen LogP contribution in [0.25, 0.3) is 5.52 Å². The average Bonchev–Trinajstić information content (AvgIpc) is 3.85. The molecule has 2 unspecified atom stereocenters. The molecule has 2 aliphatic rings. The second kappa shape index (κ2) is 11.5. The molecule has 14 heteroatoms. The number of aryl methyl sites for hydroxylation is 2. The van der Waals surface area contributed by atoms with E-state index in [9.17, 15) is 24.0 Å². The van der Waals surface area contributed by atoms with Crippen LogP contribution in [0.1, 0.15) is 58.0 Å². The second-order valence-corrected chi connectivity index (χ2v) is 10.3. The van der Waals surface area contributed by atoms with Crippen LogP contribution in [0.15, 0.2) is 30.7 Å². The molecule has 3 N–H and O–H groups in total. The number of carbonyl (C=O) groups is 5. The number of aromatic nitrogens is 3. The number of benzene rings is 1. The first-order valence-corrected chi connectivity index (χ1v) is 13.5. The normalized spacial score (nSPS) is 18.0. The summed E-state index contributed by atoms with van der Waals surface area (Å²) >= 11 is 0. The van der Waals surface area contributed by atoms with E-state index in [1.807, 2.05) is 13.8 Å². The van der Waals surface area contributed by atoms with Crippen molar-refractivity contribution in [1.29, 1.82) is 0 Å². The Labute approximate surface area is 240 Å². The van der Waals surface area contributed by atoms with Crippen LogP contribution >= 0.6 is 0 Å². The van der Waals surface area contributed by atoms with Crippen LogP contribution in [0, 0.1) is 25.7 Å². The summed E-state index contributed by atoms with van der Waals surface area (Å²) in [4.78, 5) is 66.7. The molecule has 42 heavy (non-hydrogen) atoms. The standard InChI is InChI=1S/C28H30N6O8/c1-4-29-26(38)19-11-33-23(15(19)3)25(30-12-31-33)32-20-9-16(6-5-14(20)2)27(39)34(24-17-10-18(17)24)28(40)42-13-41-22(37)8-7-21(35)36/h5-6,9,11-12,17-18,24H,4,7-8,10,13H2,1-3H3,(H,29,38)(H,35,36)(H,30,31,32). The fraction of sp³-hybridized carbons (Fsp3) is 0.393. The molecule has 0 aliphatic heterocycles. The number of fused-ring (bicyclic) bond motifs is 2. The van der Waals surface area contributed by atoms with Crippen molar-refractivity contribution in [2.24, 2.45) is 11.8 Å². The van der Waals surface area contributed by atoms with E-state index in [1.54, 1.807) is 35.8 Å². The van der Waals surface area contributed by atoms with Crippen LogP contribution < -0.4 is 10.6 Å². The number of aliphatic carboxylic acids is 1. The van der Waals surface area contributed by atoms with Crippen LogP contribution in [0.3, 0.4) is 0 Å². The number of hydrogen-bond donors (Lipinski definition) is 3. The van der Waals surface area contributed by atoms with Gasteiger partial charge in [-0.05, 0) is 62.3 Å². The molecule has 2 atom stereocenters. The topological polar surface area (TPSA) is 182 Å². The van der Waals surface area contributed by atoms with Gasteiger partial charge in [0.1, 0.15) is 11.8 Å². The Hall–Kier alpha value is -5.01. The minimum absolute atomic E-state index is 0.227. The van der Waals surface area contributed by atoms with E-state index in [1.165, 1.54) is 6.33 Å². The van der Waals surface area contributed by atoms with Gasteiger partial charge in [-0.3, -0.25) is 19.2 Å². The average molecular weight is 579 g/mol. The monoisotopic (exact) mass is 578 g/mol. The predicted molar refractivity (Wildman–Crippen MR) is 146 cm³/mol. The summed E-state index contributed by atoms with van der Waals surface area (Å²) in [5, 5.41) is 18.9. The van der Waals surface area contributed by atoms with Crippen LogP contribution in [-0.2, 0) is 19.1 Å². The summed E-state index contributed by atoms with van der Waals surface area (Å²) in [7, 11) is 0. The number of esters is 1. The summed E-state index contributed by atoms with van der Waals surface area (Å²) in [6.45, 7) is 5.23. The Kier molecular flexibility index (Phi) is 7.79. The number of rotatable bonds is 11. The zero-order chi connectivity index (χ0) is 30.1. The highest BCUT2D eigenvalue weighted by molar-refractivity contribution is 6.04. The van der Waals surface area contributed by atoms with Gasteiger partial charge in [-0.2, -0.15) is 5.10 Å². The van der Waals surface area contributed by atoms with Crippen LogP contribution in [0.5, 0.6) is 0 Å². The largest absolute Gasteiger partial charge is 0.481 e. The van der Waals surface area contributed by atoms with Gasteiger partial charge in [0.25, 0.3) is 11.8 Å². The molecule has 0 spiro atoms. The number of anilines is 2. The van der Waals surface area contributed by atoms with E-state index in [0.29, 0.717) is 34.7 Å². The molecule has 5 rings (SSSR count). The predicted octanol–water partition coefficient (Wildman–Crippen LogP) is 2.80. The molecule has 2 aromatic heterocycles. The molecular weight excluding hydrogens is 548 g/mol. The van der Waals surface area contributed by atoms with Crippen LogP contribution in [-0.4, -0.2) is 73.8 Å². The van der Waals surface area contributed by atoms with Gasteiger partial charge in [0, 0.05) is 30.0 Å². The number of hydrogen-bond acceptors (Lipinski definition) is 10. The number of ether oxygens (including phenoxy) is 2. The molecule has 0 bridgehead atoms. The smallest absolute Gasteiger partial charge is 0.419 e. The molecule has 14 nitrogen and oxygen atoms in total. The van der Waals surface area contributed by atoms with Gasteiger partial charge in [0.15, 0.2) is 5.82 Å². The zero-order valence-corrected chi connectivity index (χ0v) is 23.2. The van der Waals surface area contributed by atoms with Gasteiger partial charge in [-0.25, -0.2) is 19.2 Å². The lowest BCUT2D eigenvalue weighted by Crippen LogP contribution is -2.42. The lowest BCUT2D eigenvalue weighted by atomic mass is 10.1. The van der Waals surface area contributed by atoms with Crippen molar-refractivity contribution in [2.45, 2.75) is 46.1 Å².